The summed E-state index contributed by atoms with van der Waals surface area (Å²) in [5.41, 5.74) is 2.01. The van der Waals surface area contributed by atoms with Crippen LogP contribution in [0.25, 0.3) is 22.0 Å². The maximum atomic E-state index is 14.0. The molecule has 0 bridgehead atoms. The second-order valence-corrected chi connectivity index (χ2v) is 14.4. The molecule has 0 radical (unpaired) electrons. The number of fused-ring (bicyclic) bond motifs is 1. The number of rotatable bonds is 5. The minimum Gasteiger partial charge on any atom is -0.399 e. The highest BCUT2D eigenvalue weighted by atomic mass is 32.2. The van der Waals surface area contributed by atoms with Gasteiger partial charge < -0.3 is 9.31 Å². The summed E-state index contributed by atoms with van der Waals surface area (Å²) in [5.74, 6) is -0.168. The molecule has 2 heterocycles. The number of carbonyl (C=O) groups excluding carboxylic acids is 1. The van der Waals surface area contributed by atoms with Crippen molar-refractivity contribution >= 4 is 39.3 Å². The predicted octanol–water partition coefficient (Wildman–Crippen LogP) is 6.38. The molecule has 40 heavy (non-hydrogen) atoms. The van der Waals surface area contributed by atoms with Crippen molar-refractivity contribution in [2.24, 2.45) is 5.41 Å². The number of hydrogen-bond donors (Lipinski definition) is 0. The van der Waals surface area contributed by atoms with Crippen LogP contribution < -0.4 is 5.46 Å². The average molecular weight is 558 g/mol. The van der Waals surface area contributed by atoms with Crippen LogP contribution in [-0.4, -0.2) is 36.5 Å². The van der Waals surface area contributed by atoms with Gasteiger partial charge in [0, 0.05) is 28.0 Å². The second kappa shape index (κ2) is 9.43. The summed E-state index contributed by atoms with van der Waals surface area (Å²) in [7, 11) is -4.85. The van der Waals surface area contributed by atoms with E-state index in [2.05, 4.69) is 0 Å². The zero-order chi connectivity index (χ0) is 29.3. The van der Waals surface area contributed by atoms with E-state index in [1.807, 2.05) is 91.8 Å². The molecule has 0 amide bonds. The summed E-state index contributed by atoms with van der Waals surface area (Å²) in [6.45, 7) is 15.3. The van der Waals surface area contributed by atoms with E-state index in [0.717, 1.165) is 16.7 Å². The third-order valence-corrected chi connectivity index (χ3v) is 9.74. The number of nitrogens with zero attached hydrogens (tertiary/aromatic N) is 1. The van der Waals surface area contributed by atoms with Gasteiger partial charge >= 0.3 is 7.12 Å². The molecule has 6 nitrogen and oxygen atoms in total. The molecule has 1 aliphatic heterocycles. The van der Waals surface area contributed by atoms with Crippen molar-refractivity contribution in [3.63, 3.8) is 0 Å². The van der Waals surface area contributed by atoms with Gasteiger partial charge in [-0.05, 0) is 63.9 Å². The van der Waals surface area contributed by atoms with Gasteiger partial charge in [0.1, 0.15) is 0 Å². The summed E-state index contributed by atoms with van der Waals surface area (Å²) in [6, 6.07) is 20.2. The van der Waals surface area contributed by atoms with Crippen molar-refractivity contribution < 1.29 is 22.5 Å². The van der Waals surface area contributed by atoms with Crippen molar-refractivity contribution in [1.82, 2.24) is 3.97 Å². The SMILES string of the molecule is Cc1ccc(S(=O)(=O)n2cc(C(=O)C(C)(C)C)c3c(B4OC(C)(C)C(C)(C)O4)c(-c4ccccc4)ccc32)cc1. The maximum Gasteiger partial charge on any atom is 0.496 e. The van der Waals surface area contributed by atoms with Gasteiger partial charge in [0.15, 0.2) is 5.78 Å². The van der Waals surface area contributed by atoms with E-state index in [4.69, 9.17) is 9.31 Å². The Morgan fingerprint density at radius 1 is 0.850 bits per heavy atom. The van der Waals surface area contributed by atoms with Gasteiger partial charge in [-0.3, -0.25) is 4.79 Å². The summed E-state index contributed by atoms with van der Waals surface area (Å²) in [5, 5.41) is 0.524. The lowest BCUT2D eigenvalue weighted by atomic mass is 9.71. The second-order valence-electron chi connectivity index (χ2n) is 12.6. The minimum atomic E-state index is -4.02. The Morgan fingerprint density at radius 2 is 1.43 bits per heavy atom. The molecule has 0 N–H and O–H groups in total. The van der Waals surface area contributed by atoms with Gasteiger partial charge in [0.05, 0.1) is 21.6 Å². The molecule has 3 aromatic carbocycles. The molecule has 0 saturated carbocycles. The normalized spacial score (nSPS) is 16.9. The zero-order valence-corrected chi connectivity index (χ0v) is 25.2. The molecular formula is C32H36BNO5S. The molecule has 1 fully saturated rings. The Bertz CT molecular complexity index is 1700. The van der Waals surface area contributed by atoms with E-state index in [1.54, 1.807) is 30.3 Å². The van der Waals surface area contributed by atoms with Crippen LogP contribution in [0.5, 0.6) is 0 Å². The summed E-state index contributed by atoms with van der Waals surface area (Å²) in [4.78, 5) is 14.1. The monoisotopic (exact) mass is 557 g/mol. The first-order chi connectivity index (χ1) is 18.5. The highest BCUT2D eigenvalue weighted by molar-refractivity contribution is 7.90. The van der Waals surface area contributed by atoms with Crippen molar-refractivity contribution in [2.45, 2.75) is 71.5 Å². The van der Waals surface area contributed by atoms with Crippen molar-refractivity contribution in [3.05, 3.63) is 84.1 Å². The van der Waals surface area contributed by atoms with Crippen molar-refractivity contribution in [3.8, 4) is 11.1 Å². The maximum absolute atomic E-state index is 14.0. The lowest BCUT2D eigenvalue weighted by Gasteiger charge is -2.32. The zero-order valence-electron chi connectivity index (χ0n) is 24.4. The third-order valence-electron chi connectivity index (χ3n) is 8.05. The van der Waals surface area contributed by atoms with Crippen LogP contribution in [-0.2, 0) is 19.3 Å². The predicted molar refractivity (Wildman–Crippen MR) is 161 cm³/mol. The van der Waals surface area contributed by atoms with Crippen LogP contribution in [0.3, 0.4) is 0 Å². The van der Waals surface area contributed by atoms with Crippen LogP contribution in [0.15, 0.2) is 77.8 Å². The third kappa shape index (κ3) is 4.62. The number of Topliss-reactive ketones (excluding diaryl/α,β-unsaturated/α-hetero) is 1. The van der Waals surface area contributed by atoms with E-state index in [0.29, 0.717) is 21.9 Å². The van der Waals surface area contributed by atoms with Crippen LogP contribution >= 0.6 is 0 Å². The molecule has 5 rings (SSSR count). The topological polar surface area (TPSA) is 74.6 Å². The highest BCUT2D eigenvalue weighted by Gasteiger charge is 2.53. The van der Waals surface area contributed by atoms with Gasteiger partial charge in [-0.1, -0.05) is 74.9 Å². The quantitative estimate of drug-likeness (QED) is 0.210. The molecule has 8 heteroatoms. The van der Waals surface area contributed by atoms with Crippen molar-refractivity contribution in [2.75, 3.05) is 0 Å². The first-order valence-electron chi connectivity index (χ1n) is 13.5. The van der Waals surface area contributed by atoms with Gasteiger partial charge in [-0.2, -0.15) is 0 Å². The summed E-state index contributed by atoms with van der Waals surface area (Å²) < 4.78 is 42.4. The standard InChI is InChI=1S/C32H36BNO5S/c1-21-14-16-23(17-15-21)40(36,37)34-20-25(29(35)30(2,3)4)27-26(34)19-18-24(22-12-10-9-11-13-22)28(27)33-38-31(5,6)32(7,8)39-33/h9-20H,1-8H3. The number of carbonyl (C=O) groups is 1. The molecule has 0 atom stereocenters. The Hall–Kier alpha value is -3.20. The summed E-state index contributed by atoms with van der Waals surface area (Å²) >= 11 is 0. The molecule has 1 aromatic heterocycles. The van der Waals surface area contributed by atoms with Crippen LogP contribution in [0.4, 0.5) is 0 Å². The lowest BCUT2D eigenvalue weighted by molar-refractivity contribution is 0.00578. The largest absolute Gasteiger partial charge is 0.496 e. The lowest BCUT2D eigenvalue weighted by Crippen LogP contribution is -2.41. The Balaban J connectivity index is 1.89. The van der Waals surface area contributed by atoms with Crippen LogP contribution in [0, 0.1) is 12.3 Å². The molecular weight excluding hydrogens is 521 g/mol. The molecule has 0 spiro atoms. The fourth-order valence-electron chi connectivity index (χ4n) is 5.00. The summed E-state index contributed by atoms with van der Waals surface area (Å²) in [6.07, 6.45) is 1.47. The smallest absolute Gasteiger partial charge is 0.399 e. The van der Waals surface area contributed by atoms with Gasteiger partial charge in [0.2, 0.25) is 0 Å². The molecule has 0 unspecified atom stereocenters. The number of aryl methyl sites for hydroxylation is 1. The van der Waals surface area contributed by atoms with Crippen molar-refractivity contribution in [1.29, 1.82) is 0 Å². The van der Waals surface area contributed by atoms with Gasteiger partial charge in [-0.25, -0.2) is 12.4 Å². The number of hydrogen-bond acceptors (Lipinski definition) is 5. The highest BCUT2D eigenvalue weighted by Crippen LogP contribution is 2.40. The molecule has 1 aliphatic rings. The van der Waals surface area contributed by atoms with Gasteiger partial charge in [0.25, 0.3) is 10.0 Å². The Morgan fingerprint density at radius 3 is 1.98 bits per heavy atom. The first-order valence-corrected chi connectivity index (χ1v) is 14.9. The molecule has 1 saturated heterocycles. The molecule has 208 valence electrons. The molecule has 4 aromatic rings. The van der Waals surface area contributed by atoms with E-state index >= 15 is 0 Å². The Kier molecular flexibility index (Phi) is 6.68. The van der Waals surface area contributed by atoms with E-state index < -0.39 is 33.8 Å². The number of ketones is 1. The fourth-order valence-corrected chi connectivity index (χ4v) is 6.36. The van der Waals surface area contributed by atoms with Gasteiger partial charge in [-0.15, -0.1) is 0 Å². The van der Waals surface area contributed by atoms with Crippen LogP contribution in [0.2, 0.25) is 0 Å². The van der Waals surface area contributed by atoms with E-state index in [1.165, 1.54) is 10.2 Å². The minimum absolute atomic E-state index is 0.147. The van der Waals surface area contributed by atoms with E-state index in [-0.39, 0.29) is 10.7 Å². The molecule has 0 aliphatic carbocycles. The Labute approximate surface area is 237 Å². The van der Waals surface area contributed by atoms with Crippen LogP contribution in [0.1, 0.15) is 64.4 Å². The fraction of sp³-hybridized carbons (Fsp3) is 0.344. The average Bonchev–Trinajstić information content (AvgIpc) is 3.37. The number of aromatic nitrogens is 1. The van der Waals surface area contributed by atoms with E-state index in [9.17, 15) is 13.2 Å². The first kappa shape index (κ1) is 28.3. The number of benzene rings is 3.